The molecule has 0 saturated carbocycles. The summed E-state index contributed by atoms with van der Waals surface area (Å²) in [6.07, 6.45) is 1.07. The molecule has 0 spiro atoms. The van der Waals surface area contributed by atoms with Gasteiger partial charge in [0, 0.05) is 24.1 Å². The van der Waals surface area contributed by atoms with Gasteiger partial charge in [-0.2, -0.15) is 0 Å². The highest BCUT2D eigenvalue weighted by Gasteiger charge is 2.13. The van der Waals surface area contributed by atoms with Crippen LogP contribution in [0.1, 0.15) is 13.3 Å². The lowest BCUT2D eigenvalue weighted by atomic mass is 10.0. The topological polar surface area (TPSA) is 52.6 Å². The van der Waals surface area contributed by atoms with Gasteiger partial charge in [0.25, 0.3) is 0 Å². The summed E-state index contributed by atoms with van der Waals surface area (Å²) in [4.78, 5) is 22.3. The predicted molar refractivity (Wildman–Crippen MR) is 83.6 cm³/mol. The summed E-state index contributed by atoms with van der Waals surface area (Å²) in [5, 5.41) is 0. The van der Waals surface area contributed by atoms with Gasteiger partial charge in [-0.05, 0) is 29.8 Å². The fourth-order valence-corrected chi connectivity index (χ4v) is 1.90. The maximum Gasteiger partial charge on any atom is 0.335 e. The first-order valence-electron chi connectivity index (χ1n) is 7.09. The molecule has 4 nitrogen and oxygen atoms in total. The van der Waals surface area contributed by atoms with Crippen molar-refractivity contribution in [3.63, 3.8) is 0 Å². The van der Waals surface area contributed by atoms with Crippen LogP contribution in [0.4, 0.5) is 8.78 Å². The van der Waals surface area contributed by atoms with Crippen molar-refractivity contribution in [2.75, 3.05) is 0 Å². The van der Waals surface area contributed by atoms with Gasteiger partial charge in [-0.25, -0.2) is 13.6 Å². The zero-order chi connectivity index (χ0) is 17.7. The zero-order valence-corrected chi connectivity index (χ0v) is 12.8. The summed E-state index contributed by atoms with van der Waals surface area (Å²) in [7, 11) is 0. The maximum atomic E-state index is 14.2. The summed E-state index contributed by atoms with van der Waals surface area (Å²) in [6, 6.07) is 7.50. The van der Waals surface area contributed by atoms with Crippen molar-refractivity contribution in [1.82, 2.24) is 0 Å². The van der Waals surface area contributed by atoms with E-state index in [1.165, 1.54) is 24.3 Å². The van der Waals surface area contributed by atoms with Gasteiger partial charge in [0.15, 0.2) is 11.6 Å². The molecule has 0 aromatic heterocycles. The second kappa shape index (κ2) is 7.50. The Labute approximate surface area is 137 Å². The van der Waals surface area contributed by atoms with Crippen LogP contribution >= 0.6 is 0 Å². The van der Waals surface area contributed by atoms with E-state index in [0.717, 1.165) is 18.2 Å². The smallest absolute Gasteiger partial charge is 0.335 e. The van der Waals surface area contributed by atoms with Crippen LogP contribution in [0.25, 0.3) is 11.1 Å². The quantitative estimate of drug-likeness (QED) is 0.471. The summed E-state index contributed by atoms with van der Waals surface area (Å²) >= 11 is 0. The summed E-state index contributed by atoms with van der Waals surface area (Å²) in [5.41, 5.74) is 0.364. The fraction of sp³-hybridized carbons (Fsp3) is 0.111. The molecular formula is C18H14F2O4. The van der Waals surface area contributed by atoms with Crippen LogP contribution in [-0.2, 0) is 9.59 Å². The van der Waals surface area contributed by atoms with E-state index in [4.69, 9.17) is 9.47 Å². The normalized spacial score (nSPS) is 10.1. The molecule has 0 fully saturated rings. The molecule has 2 aromatic rings. The zero-order valence-electron chi connectivity index (χ0n) is 12.8. The minimum Gasteiger partial charge on any atom is -0.426 e. The number of hydrogen-bond acceptors (Lipinski definition) is 4. The van der Waals surface area contributed by atoms with E-state index in [9.17, 15) is 18.4 Å². The SMILES string of the molecule is C=CC(=O)Oc1ccc(-c2ccc(OC(=O)CC)cc2F)cc1F. The monoisotopic (exact) mass is 332 g/mol. The van der Waals surface area contributed by atoms with Gasteiger partial charge < -0.3 is 9.47 Å². The largest absolute Gasteiger partial charge is 0.426 e. The lowest BCUT2D eigenvalue weighted by Crippen LogP contribution is -2.06. The standard InChI is InChI=1S/C18H14F2O4/c1-3-17(21)23-12-6-7-13(14(19)10-12)11-5-8-16(15(20)9-11)24-18(22)4-2/h4-10H,2-3H2,1H3. The third-order valence-corrected chi connectivity index (χ3v) is 3.08. The van der Waals surface area contributed by atoms with Gasteiger partial charge in [-0.1, -0.05) is 19.6 Å². The van der Waals surface area contributed by atoms with Crippen molar-refractivity contribution in [2.45, 2.75) is 13.3 Å². The fourth-order valence-electron chi connectivity index (χ4n) is 1.90. The molecule has 0 aliphatic carbocycles. The molecule has 24 heavy (non-hydrogen) atoms. The molecule has 2 aromatic carbocycles. The van der Waals surface area contributed by atoms with Crippen LogP contribution in [0.2, 0.25) is 0 Å². The first-order chi connectivity index (χ1) is 11.4. The van der Waals surface area contributed by atoms with Crippen LogP contribution in [0.5, 0.6) is 11.5 Å². The van der Waals surface area contributed by atoms with Crippen molar-refractivity contribution in [3.05, 3.63) is 60.7 Å². The number of carbonyl (C=O) groups excluding carboxylic acids is 2. The average Bonchev–Trinajstić information content (AvgIpc) is 2.56. The number of halogens is 2. The van der Waals surface area contributed by atoms with Crippen LogP contribution in [-0.4, -0.2) is 11.9 Å². The van der Waals surface area contributed by atoms with Crippen molar-refractivity contribution in [1.29, 1.82) is 0 Å². The predicted octanol–water partition coefficient (Wildman–Crippen LogP) is 4.04. The molecule has 0 saturated heterocycles. The van der Waals surface area contributed by atoms with Crippen LogP contribution < -0.4 is 9.47 Å². The summed E-state index contributed by atoms with van der Waals surface area (Å²) in [5.74, 6) is -2.98. The van der Waals surface area contributed by atoms with Crippen LogP contribution in [0.3, 0.4) is 0 Å². The molecular weight excluding hydrogens is 318 g/mol. The molecule has 0 heterocycles. The van der Waals surface area contributed by atoms with Crippen molar-refractivity contribution in [2.24, 2.45) is 0 Å². The van der Waals surface area contributed by atoms with Crippen molar-refractivity contribution < 1.29 is 27.8 Å². The van der Waals surface area contributed by atoms with E-state index in [-0.39, 0.29) is 29.0 Å². The van der Waals surface area contributed by atoms with Gasteiger partial charge in [-0.3, -0.25) is 4.79 Å². The minimum atomic E-state index is -0.816. The van der Waals surface area contributed by atoms with E-state index in [1.807, 2.05) is 0 Å². The molecule has 0 amide bonds. The second-order valence-electron chi connectivity index (χ2n) is 4.74. The highest BCUT2D eigenvalue weighted by Crippen LogP contribution is 2.29. The molecule has 6 heteroatoms. The van der Waals surface area contributed by atoms with Gasteiger partial charge >= 0.3 is 11.9 Å². The van der Waals surface area contributed by atoms with E-state index in [1.54, 1.807) is 6.92 Å². The Morgan fingerprint density at radius 1 is 1.08 bits per heavy atom. The first kappa shape index (κ1) is 17.3. The third-order valence-electron chi connectivity index (χ3n) is 3.08. The molecule has 124 valence electrons. The molecule has 0 aliphatic rings. The lowest BCUT2D eigenvalue weighted by Gasteiger charge is -2.09. The number of hydrogen-bond donors (Lipinski definition) is 0. The number of benzene rings is 2. The molecule has 0 bridgehead atoms. The average molecular weight is 332 g/mol. The summed E-state index contributed by atoms with van der Waals surface area (Å²) < 4.78 is 37.8. The molecule has 0 aliphatic heterocycles. The number of ether oxygens (including phenoxy) is 2. The minimum absolute atomic E-state index is 0.0695. The highest BCUT2D eigenvalue weighted by atomic mass is 19.1. The van der Waals surface area contributed by atoms with Gasteiger partial charge in [-0.15, -0.1) is 0 Å². The van der Waals surface area contributed by atoms with E-state index >= 15 is 0 Å². The molecule has 0 radical (unpaired) electrons. The molecule has 0 N–H and O–H groups in total. The van der Waals surface area contributed by atoms with Gasteiger partial charge in [0.05, 0.1) is 0 Å². The Bertz CT molecular complexity index is 800. The Balaban J connectivity index is 2.28. The number of esters is 2. The lowest BCUT2D eigenvalue weighted by molar-refractivity contribution is -0.134. The van der Waals surface area contributed by atoms with Gasteiger partial charge in [0.1, 0.15) is 11.6 Å². The highest BCUT2D eigenvalue weighted by molar-refractivity contribution is 5.83. The van der Waals surface area contributed by atoms with Crippen LogP contribution in [0, 0.1) is 11.6 Å². The molecule has 0 atom stereocenters. The Morgan fingerprint density at radius 2 is 1.83 bits per heavy atom. The van der Waals surface area contributed by atoms with E-state index < -0.39 is 23.6 Å². The molecule has 0 unspecified atom stereocenters. The maximum absolute atomic E-state index is 14.2. The molecule has 2 rings (SSSR count). The Kier molecular flexibility index (Phi) is 5.42. The van der Waals surface area contributed by atoms with Crippen molar-refractivity contribution in [3.8, 4) is 22.6 Å². The summed E-state index contributed by atoms with van der Waals surface area (Å²) in [6.45, 7) is 4.84. The van der Waals surface area contributed by atoms with E-state index in [0.29, 0.717) is 0 Å². The van der Waals surface area contributed by atoms with E-state index in [2.05, 4.69) is 6.58 Å². The Morgan fingerprint density at radius 3 is 2.42 bits per heavy atom. The number of rotatable bonds is 5. The first-order valence-corrected chi connectivity index (χ1v) is 7.09. The van der Waals surface area contributed by atoms with Crippen molar-refractivity contribution >= 4 is 11.9 Å². The van der Waals surface area contributed by atoms with Gasteiger partial charge in [0.2, 0.25) is 0 Å². The Hall–Kier alpha value is -3.02. The van der Waals surface area contributed by atoms with Crippen LogP contribution in [0.15, 0.2) is 49.1 Å². The number of carbonyl (C=O) groups is 2. The third kappa shape index (κ3) is 4.04. The second-order valence-corrected chi connectivity index (χ2v) is 4.74.